The third-order valence-corrected chi connectivity index (χ3v) is 8.54. The minimum Gasteiger partial charge on any atom is -0.269 e. The van der Waals surface area contributed by atoms with Crippen LogP contribution in [0, 0.1) is 37.5 Å². The molecule has 2 nitrogen and oxygen atoms in total. The van der Waals surface area contributed by atoms with Crippen molar-refractivity contribution in [3.63, 3.8) is 0 Å². The minimum atomic E-state index is -0.797. The molecule has 0 aliphatic rings. The molecule has 0 aromatic rings. The maximum atomic E-state index is 2.55. The zero-order valence-electron chi connectivity index (χ0n) is 10.8. The van der Waals surface area contributed by atoms with Crippen LogP contribution in [-0.4, -0.2) is 27.1 Å². The molecule has 0 amide bonds. The summed E-state index contributed by atoms with van der Waals surface area (Å²) in [7, 11) is 4.51. The number of halogens is 1. The van der Waals surface area contributed by atoms with Crippen LogP contribution in [0.5, 0.6) is 0 Å². The third kappa shape index (κ3) is 6.64. The molecule has 0 aromatic heterocycles. The van der Waals surface area contributed by atoms with Gasteiger partial charge in [0, 0.05) is 0 Å². The second-order valence-electron chi connectivity index (χ2n) is 5.56. The van der Waals surface area contributed by atoms with Gasteiger partial charge in [0.25, 0.3) is 0 Å². The van der Waals surface area contributed by atoms with Crippen LogP contribution in [0.15, 0.2) is 0 Å². The number of hydrogen-bond donors (Lipinski definition) is 0. The van der Waals surface area contributed by atoms with Crippen molar-refractivity contribution in [1.29, 1.82) is 0 Å². The maximum absolute atomic E-state index is 2.55. The quantitative estimate of drug-likeness (QED) is 0.764. The van der Waals surface area contributed by atoms with Gasteiger partial charge in [0.1, 0.15) is 0 Å². The van der Waals surface area contributed by atoms with Gasteiger partial charge in [0.2, 0.25) is 0 Å². The topological polar surface area (TPSA) is 6.48 Å². The maximum Gasteiger partial charge on any atom is -0.269 e. The molecule has 0 aliphatic heterocycles. The van der Waals surface area contributed by atoms with Gasteiger partial charge in [-0.15, -0.1) is 0 Å². The van der Waals surface area contributed by atoms with Crippen molar-refractivity contribution in [3.05, 3.63) is 0 Å². The van der Waals surface area contributed by atoms with E-state index in [9.17, 15) is 0 Å². The van der Waals surface area contributed by atoms with Crippen LogP contribution in [0.1, 0.15) is 41.5 Å². The van der Waals surface area contributed by atoms with Crippen LogP contribution in [-0.2, 0) is 0 Å². The van der Waals surface area contributed by atoms with Gasteiger partial charge in [-0.3, -0.25) is 4.70 Å². The molecule has 86 valence electrons. The Morgan fingerprint density at radius 3 is 1.07 bits per heavy atom. The molecule has 0 N–H and O–H groups in total. The molecule has 0 aliphatic carbocycles. The molecular formula is C10H25FN2Nd. The SMILES string of the molecule is C[N]([Nd][N](C)C(C)(C)C)C(C)(C)C.F. The fourth-order valence-corrected chi connectivity index (χ4v) is 3.89. The van der Waals surface area contributed by atoms with Gasteiger partial charge in [-0.25, -0.2) is 0 Å². The first-order chi connectivity index (χ1) is 5.55. The molecule has 0 spiro atoms. The van der Waals surface area contributed by atoms with E-state index in [0.29, 0.717) is 11.1 Å². The van der Waals surface area contributed by atoms with E-state index in [1.54, 1.807) is 0 Å². The van der Waals surface area contributed by atoms with Gasteiger partial charge >= 0.3 is 106 Å². The molecule has 0 saturated carbocycles. The predicted octanol–water partition coefficient (Wildman–Crippen LogP) is 2.51. The first kappa shape index (κ1) is 17.6. The average molecular weight is 337 g/mol. The van der Waals surface area contributed by atoms with E-state index in [2.05, 4.69) is 57.6 Å². The van der Waals surface area contributed by atoms with E-state index in [4.69, 9.17) is 0 Å². The van der Waals surface area contributed by atoms with Crippen LogP contribution in [0.25, 0.3) is 0 Å². The van der Waals surface area contributed by atoms with E-state index in [1.165, 1.54) is 0 Å². The Morgan fingerprint density at radius 1 is 0.714 bits per heavy atom. The largest absolute Gasteiger partial charge is 0.269 e. The van der Waals surface area contributed by atoms with Crippen molar-refractivity contribution in [2.75, 3.05) is 14.1 Å². The van der Waals surface area contributed by atoms with E-state index in [-0.39, 0.29) is 4.70 Å². The standard InChI is InChI=1S/2C5H12N.FH.Nd/c2*1-5(2,3)6-4;;/h2*1-4H3;1H;/q2*-1;;+2. The molecule has 0 aromatic carbocycles. The van der Waals surface area contributed by atoms with Crippen LogP contribution >= 0.6 is 0 Å². The molecule has 4 heteroatoms. The van der Waals surface area contributed by atoms with Crippen molar-refractivity contribution < 1.29 is 42.2 Å². The first-order valence-electron chi connectivity index (χ1n) is 4.79. The van der Waals surface area contributed by atoms with Crippen LogP contribution in [0.3, 0.4) is 0 Å². The van der Waals surface area contributed by atoms with Crippen LogP contribution in [0.2, 0.25) is 0 Å². The second kappa shape index (κ2) is 6.06. The van der Waals surface area contributed by atoms with E-state index in [1.807, 2.05) is 0 Å². The molecule has 0 saturated heterocycles. The summed E-state index contributed by atoms with van der Waals surface area (Å²) in [6, 6.07) is 0. The van der Waals surface area contributed by atoms with Gasteiger partial charge in [0.05, 0.1) is 0 Å². The summed E-state index contributed by atoms with van der Waals surface area (Å²) < 4.78 is 5.11. The average Bonchev–Trinajstić information content (AvgIpc) is 1.82. The van der Waals surface area contributed by atoms with Crippen LogP contribution in [0.4, 0.5) is 4.70 Å². The molecular weight excluding hydrogens is 311 g/mol. The van der Waals surface area contributed by atoms with Crippen molar-refractivity contribution in [3.8, 4) is 0 Å². The first-order valence-corrected chi connectivity index (χ1v) is 7.66. The summed E-state index contributed by atoms with van der Waals surface area (Å²) in [5, 5.41) is 0. The van der Waals surface area contributed by atoms with Crippen LogP contribution < -0.4 is 0 Å². The minimum absolute atomic E-state index is 0. The summed E-state index contributed by atoms with van der Waals surface area (Å²) in [5.74, 6) is 0. The molecule has 14 heavy (non-hydrogen) atoms. The number of rotatable bonds is 2. The third-order valence-electron chi connectivity index (χ3n) is 2.31. The van der Waals surface area contributed by atoms with E-state index >= 15 is 0 Å². The van der Waals surface area contributed by atoms with Crippen molar-refractivity contribution in [1.82, 2.24) is 1.97 Å². The van der Waals surface area contributed by atoms with Gasteiger partial charge in [-0.2, -0.15) is 0 Å². The Hall–Kier alpha value is 1.20. The van der Waals surface area contributed by atoms with Crippen molar-refractivity contribution >= 4 is 0 Å². The zero-order chi connectivity index (χ0) is 10.9. The van der Waals surface area contributed by atoms with Crippen molar-refractivity contribution in [2.45, 2.75) is 52.6 Å². The molecule has 0 bridgehead atoms. The van der Waals surface area contributed by atoms with Gasteiger partial charge in [-0.1, -0.05) is 0 Å². The van der Waals surface area contributed by atoms with E-state index in [0.717, 1.165) is 0 Å². The molecule has 0 rings (SSSR count). The predicted molar refractivity (Wildman–Crippen MR) is 57.5 cm³/mol. The molecule has 0 radical (unpaired) electrons. The Bertz CT molecular complexity index is 142. The fourth-order valence-electron chi connectivity index (χ4n) is 0.525. The number of nitrogens with zero attached hydrogens (tertiary/aromatic N) is 2. The Morgan fingerprint density at radius 2 is 0.929 bits per heavy atom. The van der Waals surface area contributed by atoms with E-state index < -0.39 is 37.5 Å². The summed E-state index contributed by atoms with van der Waals surface area (Å²) in [6.45, 7) is 13.7. The van der Waals surface area contributed by atoms with Gasteiger partial charge in [-0.05, 0) is 0 Å². The molecule has 0 unspecified atom stereocenters. The molecule has 0 heterocycles. The number of hydrogen-bond acceptors (Lipinski definition) is 2. The fraction of sp³-hybridized carbons (Fsp3) is 1.00. The molecule has 0 atom stereocenters. The van der Waals surface area contributed by atoms with Crippen molar-refractivity contribution in [2.24, 2.45) is 0 Å². The summed E-state index contributed by atoms with van der Waals surface area (Å²) in [4.78, 5) is 0. The Balaban J connectivity index is 0. The monoisotopic (exact) mass is 334 g/mol. The Kier molecular flexibility index (Phi) is 7.62. The van der Waals surface area contributed by atoms with Gasteiger partial charge in [0.15, 0.2) is 0 Å². The summed E-state index contributed by atoms with van der Waals surface area (Å²) >= 11 is -0.797. The summed E-state index contributed by atoms with van der Waals surface area (Å²) in [6.07, 6.45) is 0. The Labute approximate surface area is 110 Å². The molecule has 0 fully saturated rings. The second-order valence-corrected chi connectivity index (χ2v) is 10.5. The summed E-state index contributed by atoms with van der Waals surface area (Å²) in [5.41, 5.74) is 0.672. The zero-order valence-corrected chi connectivity index (χ0v) is 14.0. The smallest absolute Gasteiger partial charge is 0.269 e. The normalized spacial score (nSPS) is 13.0. The van der Waals surface area contributed by atoms with Gasteiger partial charge < -0.3 is 0 Å².